The molecule has 3 heterocycles. The number of amides is 4. The first kappa shape index (κ1) is 16.5. The van der Waals surface area contributed by atoms with Crippen molar-refractivity contribution < 1.29 is 14.4 Å². The van der Waals surface area contributed by atoms with Gasteiger partial charge in [-0.05, 0) is 39.2 Å². The Bertz CT molecular complexity index is 653. The number of aromatic nitrogens is 2. The molecule has 0 bridgehead atoms. The fraction of sp³-hybridized carbons (Fsp3) is 0.625. The van der Waals surface area contributed by atoms with Crippen molar-refractivity contribution in [3.63, 3.8) is 0 Å². The third-order valence-corrected chi connectivity index (χ3v) is 4.66. The van der Waals surface area contributed by atoms with Crippen LogP contribution < -0.4 is 5.32 Å². The third-order valence-electron chi connectivity index (χ3n) is 4.66. The first-order valence-corrected chi connectivity index (χ1v) is 8.34. The van der Waals surface area contributed by atoms with Crippen molar-refractivity contribution >= 4 is 17.8 Å². The van der Waals surface area contributed by atoms with E-state index < -0.39 is 6.03 Å². The number of nitrogens with one attached hydrogen (secondary N) is 1. The summed E-state index contributed by atoms with van der Waals surface area (Å²) in [7, 11) is 0. The predicted octanol–water partition coefficient (Wildman–Crippen LogP) is 0.433. The number of likely N-dealkylation sites (tertiary alicyclic amines) is 1. The van der Waals surface area contributed by atoms with Crippen LogP contribution in [-0.4, -0.2) is 63.1 Å². The zero-order valence-corrected chi connectivity index (χ0v) is 14.1. The molecule has 1 N–H and O–H groups in total. The Morgan fingerprint density at radius 3 is 2.75 bits per heavy atom. The van der Waals surface area contributed by atoms with E-state index in [1.165, 1.54) is 0 Å². The molecule has 0 saturated carbocycles. The van der Waals surface area contributed by atoms with Gasteiger partial charge in [0.25, 0.3) is 5.91 Å². The molecule has 4 amide bonds. The van der Waals surface area contributed by atoms with E-state index in [9.17, 15) is 14.4 Å². The molecule has 2 saturated heterocycles. The summed E-state index contributed by atoms with van der Waals surface area (Å²) in [5.74, 6) is -0.521. The summed E-state index contributed by atoms with van der Waals surface area (Å²) < 4.78 is 1.93. The standard InChI is InChI=1S/C16H23N5O3/c1-11-7-12(2)21(18-11)9-13-5-3-4-6-19(13)15(23)10-20-14(22)8-17-16(20)24/h7,13H,3-6,8-10H2,1-2H3,(H,17,24)/t13-/m1/s1. The zero-order valence-electron chi connectivity index (χ0n) is 14.1. The van der Waals surface area contributed by atoms with E-state index in [0.29, 0.717) is 13.1 Å². The van der Waals surface area contributed by atoms with Crippen molar-refractivity contribution in [3.8, 4) is 0 Å². The van der Waals surface area contributed by atoms with Gasteiger partial charge in [-0.15, -0.1) is 0 Å². The lowest BCUT2D eigenvalue weighted by Crippen LogP contribution is -2.50. The lowest BCUT2D eigenvalue weighted by atomic mass is 10.0. The molecule has 130 valence electrons. The smallest absolute Gasteiger partial charge is 0.325 e. The molecule has 24 heavy (non-hydrogen) atoms. The molecule has 0 radical (unpaired) electrons. The lowest BCUT2D eigenvalue weighted by molar-refractivity contribution is -0.139. The monoisotopic (exact) mass is 333 g/mol. The van der Waals surface area contributed by atoms with Gasteiger partial charge in [0.1, 0.15) is 6.54 Å². The number of rotatable bonds is 4. The Morgan fingerprint density at radius 1 is 1.33 bits per heavy atom. The second-order valence-corrected chi connectivity index (χ2v) is 6.48. The maximum atomic E-state index is 12.7. The Labute approximate surface area is 140 Å². The quantitative estimate of drug-likeness (QED) is 0.810. The van der Waals surface area contributed by atoms with Crippen molar-refractivity contribution in [2.75, 3.05) is 19.6 Å². The molecule has 2 aliphatic rings. The van der Waals surface area contributed by atoms with Crippen LogP contribution in [0.1, 0.15) is 30.7 Å². The highest BCUT2D eigenvalue weighted by Crippen LogP contribution is 2.20. The van der Waals surface area contributed by atoms with Gasteiger partial charge in [-0.2, -0.15) is 5.10 Å². The molecule has 3 rings (SSSR count). The van der Waals surface area contributed by atoms with E-state index in [0.717, 1.165) is 35.6 Å². The summed E-state index contributed by atoms with van der Waals surface area (Å²) in [6.45, 7) is 5.05. The minimum absolute atomic E-state index is 0.0265. The largest absolute Gasteiger partial charge is 0.336 e. The average molecular weight is 333 g/mol. The van der Waals surface area contributed by atoms with Crippen LogP contribution in [0.3, 0.4) is 0 Å². The Morgan fingerprint density at radius 2 is 2.12 bits per heavy atom. The first-order chi connectivity index (χ1) is 11.5. The lowest BCUT2D eigenvalue weighted by Gasteiger charge is -2.36. The van der Waals surface area contributed by atoms with E-state index in [1.807, 2.05) is 24.6 Å². The second-order valence-electron chi connectivity index (χ2n) is 6.48. The Kier molecular flexibility index (Phi) is 4.55. The van der Waals surface area contributed by atoms with Gasteiger partial charge in [0.15, 0.2) is 0 Å². The van der Waals surface area contributed by atoms with Crippen molar-refractivity contribution in [2.24, 2.45) is 0 Å². The number of imide groups is 1. The summed E-state index contributed by atoms with van der Waals surface area (Å²) in [4.78, 5) is 38.8. The number of carbonyl (C=O) groups is 3. The zero-order chi connectivity index (χ0) is 17.3. The van der Waals surface area contributed by atoms with Gasteiger partial charge in [-0.3, -0.25) is 19.2 Å². The number of carbonyl (C=O) groups excluding carboxylic acids is 3. The maximum absolute atomic E-state index is 12.7. The number of piperidine rings is 1. The normalized spacial score (nSPS) is 21.3. The van der Waals surface area contributed by atoms with Gasteiger partial charge in [-0.25, -0.2) is 4.79 Å². The number of nitrogens with zero attached hydrogens (tertiary/aromatic N) is 4. The van der Waals surface area contributed by atoms with Gasteiger partial charge in [0, 0.05) is 12.2 Å². The average Bonchev–Trinajstić information content (AvgIpc) is 3.03. The van der Waals surface area contributed by atoms with E-state index in [1.54, 1.807) is 4.90 Å². The highest BCUT2D eigenvalue weighted by molar-refractivity contribution is 6.04. The van der Waals surface area contributed by atoms with Crippen LogP contribution in [0.5, 0.6) is 0 Å². The molecule has 1 atom stereocenters. The van der Waals surface area contributed by atoms with Crippen LogP contribution in [0, 0.1) is 13.8 Å². The summed E-state index contributed by atoms with van der Waals surface area (Å²) in [5, 5.41) is 6.92. The molecule has 8 nitrogen and oxygen atoms in total. The molecule has 0 spiro atoms. The molecule has 2 fully saturated rings. The van der Waals surface area contributed by atoms with E-state index >= 15 is 0 Å². The summed E-state index contributed by atoms with van der Waals surface area (Å²) >= 11 is 0. The minimum atomic E-state index is -0.486. The van der Waals surface area contributed by atoms with Crippen LogP contribution in [0.2, 0.25) is 0 Å². The minimum Gasteiger partial charge on any atom is -0.336 e. The van der Waals surface area contributed by atoms with Crippen LogP contribution in [-0.2, 0) is 16.1 Å². The van der Waals surface area contributed by atoms with Crippen LogP contribution in [0.15, 0.2) is 6.07 Å². The molecular formula is C16H23N5O3. The van der Waals surface area contributed by atoms with Gasteiger partial charge in [0.05, 0.1) is 24.8 Å². The van der Waals surface area contributed by atoms with Crippen molar-refractivity contribution in [3.05, 3.63) is 17.5 Å². The molecule has 0 aromatic carbocycles. The van der Waals surface area contributed by atoms with Gasteiger partial charge < -0.3 is 10.2 Å². The predicted molar refractivity (Wildman–Crippen MR) is 86.2 cm³/mol. The summed E-state index contributed by atoms with van der Waals surface area (Å²) in [6, 6.07) is 1.58. The SMILES string of the molecule is Cc1cc(C)n(C[C@H]2CCCCN2C(=O)CN2C(=O)CNC2=O)n1. The highest BCUT2D eigenvalue weighted by Gasteiger charge is 2.34. The van der Waals surface area contributed by atoms with Gasteiger partial charge in [0.2, 0.25) is 5.91 Å². The molecule has 0 unspecified atom stereocenters. The molecule has 0 aliphatic carbocycles. The van der Waals surface area contributed by atoms with E-state index in [2.05, 4.69) is 10.4 Å². The van der Waals surface area contributed by atoms with E-state index in [4.69, 9.17) is 0 Å². The Balaban J connectivity index is 1.69. The molecule has 1 aromatic heterocycles. The highest BCUT2D eigenvalue weighted by atomic mass is 16.2. The van der Waals surface area contributed by atoms with Gasteiger partial charge in [-0.1, -0.05) is 0 Å². The fourth-order valence-electron chi connectivity index (χ4n) is 3.42. The number of urea groups is 1. The van der Waals surface area contributed by atoms with Gasteiger partial charge >= 0.3 is 6.03 Å². The van der Waals surface area contributed by atoms with Crippen LogP contribution in [0.25, 0.3) is 0 Å². The second kappa shape index (κ2) is 6.62. The van der Waals surface area contributed by atoms with Crippen LogP contribution >= 0.6 is 0 Å². The van der Waals surface area contributed by atoms with Crippen molar-refractivity contribution in [2.45, 2.75) is 45.7 Å². The summed E-state index contributed by atoms with van der Waals surface area (Å²) in [5.41, 5.74) is 2.03. The van der Waals surface area contributed by atoms with E-state index in [-0.39, 0.29) is 30.9 Å². The summed E-state index contributed by atoms with van der Waals surface area (Å²) in [6.07, 6.45) is 2.92. The molecule has 1 aromatic rings. The Hall–Kier alpha value is -2.38. The van der Waals surface area contributed by atoms with Crippen molar-refractivity contribution in [1.82, 2.24) is 24.9 Å². The van der Waals surface area contributed by atoms with Crippen LogP contribution in [0.4, 0.5) is 4.79 Å². The number of hydrogen-bond donors (Lipinski definition) is 1. The maximum Gasteiger partial charge on any atom is 0.325 e. The molecule has 8 heteroatoms. The third kappa shape index (κ3) is 3.27. The fourth-order valence-corrected chi connectivity index (χ4v) is 3.42. The number of aryl methyl sites for hydroxylation is 2. The number of hydrogen-bond acceptors (Lipinski definition) is 4. The topological polar surface area (TPSA) is 87.5 Å². The molecular weight excluding hydrogens is 310 g/mol. The van der Waals surface area contributed by atoms with Crippen molar-refractivity contribution in [1.29, 1.82) is 0 Å². The first-order valence-electron chi connectivity index (χ1n) is 8.34. The molecule has 2 aliphatic heterocycles.